The molecule has 0 aliphatic heterocycles. The zero-order chi connectivity index (χ0) is 12.4. The largest absolute Gasteiger partial charge is 0.384 e. The number of nitrogen functional groups attached to an aromatic ring is 1. The van der Waals surface area contributed by atoms with E-state index in [2.05, 4.69) is 15.2 Å². The van der Waals surface area contributed by atoms with Gasteiger partial charge in [0.05, 0.1) is 5.02 Å². The first-order valence-electron chi connectivity index (χ1n) is 4.77. The van der Waals surface area contributed by atoms with Crippen LogP contribution in [0.15, 0.2) is 28.3 Å². The van der Waals surface area contributed by atoms with Gasteiger partial charge in [0, 0.05) is 10.5 Å². The van der Waals surface area contributed by atoms with Gasteiger partial charge in [-0.3, -0.25) is 10.5 Å². The molecule has 0 aliphatic rings. The summed E-state index contributed by atoms with van der Waals surface area (Å²) in [5, 5.41) is 15.2. The lowest BCUT2D eigenvalue weighted by atomic mass is 10.2. The van der Waals surface area contributed by atoms with Crippen molar-refractivity contribution in [1.29, 1.82) is 5.41 Å². The maximum Gasteiger partial charge on any atom is 0.213 e. The minimum absolute atomic E-state index is 0.0414. The van der Waals surface area contributed by atoms with E-state index in [1.165, 1.54) is 11.8 Å². The second-order valence-electron chi connectivity index (χ2n) is 3.36. The van der Waals surface area contributed by atoms with Crippen LogP contribution in [0.2, 0.25) is 5.02 Å². The van der Waals surface area contributed by atoms with Gasteiger partial charge in [-0.2, -0.15) is 0 Å². The Balaban J connectivity index is 2.23. The Labute approximate surface area is 107 Å². The number of benzene rings is 1. The maximum absolute atomic E-state index is 7.33. The van der Waals surface area contributed by atoms with Gasteiger partial charge in [0.1, 0.15) is 11.7 Å². The van der Waals surface area contributed by atoms with Crippen molar-refractivity contribution in [3.8, 4) is 0 Å². The third-order valence-electron chi connectivity index (χ3n) is 2.02. The minimum atomic E-state index is -0.0414. The summed E-state index contributed by atoms with van der Waals surface area (Å²) in [6.07, 6.45) is 0. The van der Waals surface area contributed by atoms with Crippen LogP contribution in [0.5, 0.6) is 0 Å². The predicted molar refractivity (Wildman–Crippen MR) is 67.7 cm³/mol. The standard InChI is InChI=1S/C10H10ClN5S/c1-5-14-10(16-15-5)17-6-2-3-7(9(12)13)8(11)4-6/h2-4H,1H3,(H3,12,13)(H,14,15,16). The fraction of sp³-hybridized carbons (Fsp3) is 0.100. The summed E-state index contributed by atoms with van der Waals surface area (Å²) in [5.41, 5.74) is 5.91. The molecular formula is C10H10ClN5S. The molecule has 0 spiro atoms. The number of amidine groups is 1. The van der Waals surface area contributed by atoms with Gasteiger partial charge < -0.3 is 5.73 Å². The Morgan fingerprint density at radius 1 is 1.53 bits per heavy atom. The molecule has 0 fully saturated rings. The normalized spacial score (nSPS) is 10.5. The van der Waals surface area contributed by atoms with Crippen molar-refractivity contribution in [1.82, 2.24) is 15.2 Å². The number of hydrogen-bond donors (Lipinski definition) is 3. The lowest BCUT2D eigenvalue weighted by Crippen LogP contribution is -2.11. The van der Waals surface area contributed by atoms with E-state index in [4.69, 9.17) is 22.7 Å². The summed E-state index contributed by atoms with van der Waals surface area (Å²) >= 11 is 7.41. The lowest BCUT2D eigenvalue weighted by molar-refractivity contribution is 0.969. The van der Waals surface area contributed by atoms with Crippen LogP contribution in [0.4, 0.5) is 0 Å². The molecule has 88 valence electrons. The molecule has 0 saturated heterocycles. The third kappa shape index (κ3) is 2.78. The topological polar surface area (TPSA) is 91.4 Å². The van der Waals surface area contributed by atoms with E-state index in [-0.39, 0.29) is 5.84 Å². The molecule has 0 atom stereocenters. The van der Waals surface area contributed by atoms with Crippen LogP contribution >= 0.6 is 23.4 Å². The Hall–Kier alpha value is -1.53. The highest BCUT2D eigenvalue weighted by atomic mass is 35.5. The Morgan fingerprint density at radius 2 is 2.29 bits per heavy atom. The van der Waals surface area contributed by atoms with Crippen LogP contribution in [0.3, 0.4) is 0 Å². The molecule has 2 aromatic rings. The minimum Gasteiger partial charge on any atom is -0.384 e. The van der Waals surface area contributed by atoms with Gasteiger partial charge in [0.25, 0.3) is 0 Å². The van der Waals surface area contributed by atoms with Gasteiger partial charge in [-0.25, -0.2) is 4.98 Å². The maximum atomic E-state index is 7.33. The zero-order valence-electron chi connectivity index (χ0n) is 8.99. The monoisotopic (exact) mass is 267 g/mol. The number of nitrogens with one attached hydrogen (secondary N) is 2. The predicted octanol–water partition coefficient (Wildman–Crippen LogP) is 2.20. The van der Waals surface area contributed by atoms with Crippen molar-refractivity contribution < 1.29 is 0 Å². The molecule has 1 aromatic carbocycles. The molecule has 0 saturated carbocycles. The summed E-state index contributed by atoms with van der Waals surface area (Å²) in [6, 6.07) is 5.29. The molecule has 1 heterocycles. The first-order chi connectivity index (χ1) is 8.06. The highest BCUT2D eigenvalue weighted by Gasteiger charge is 2.07. The molecule has 1 aromatic heterocycles. The number of halogens is 1. The number of nitrogens with zero attached hydrogens (tertiary/aromatic N) is 2. The second-order valence-corrected chi connectivity index (χ2v) is 4.81. The fourth-order valence-electron chi connectivity index (χ4n) is 1.25. The summed E-state index contributed by atoms with van der Waals surface area (Å²) < 4.78 is 0. The molecule has 2 rings (SSSR count). The van der Waals surface area contributed by atoms with Gasteiger partial charge in [-0.1, -0.05) is 11.6 Å². The van der Waals surface area contributed by atoms with E-state index < -0.39 is 0 Å². The summed E-state index contributed by atoms with van der Waals surface area (Å²) in [6.45, 7) is 1.84. The number of hydrogen-bond acceptors (Lipinski definition) is 4. The van der Waals surface area contributed by atoms with Crippen molar-refractivity contribution in [3.05, 3.63) is 34.6 Å². The molecule has 0 amide bonds. The lowest BCUT2D eigenvalue weighted by Gasteiger charge is -2.03. The molecule has 0 radical (unpaired) electrons. The van der Waals surface area contributed by atoms with Crippen LogP contribution in [0.25, 0.3) is 0 Å². The van der Waals surface area contributed by atoms with Gasteiger partial charge in [-0.05, 0) is 36.9 Å². The number of aromatic amines is 1. The quantitative estimate of drug-likeness (QED) is 0.587. The smallest absolute Gasteiger partial charge is 0.213 e. The first-order valence-corrected chi connectivity index (χ1v) is 5.96. The van der Waals surface area contributed by atoms with E-state index in [1.54, 1.807) is 12.1 Å². The van der Waals surface area contributed by atoms with Gasteiger partial charge >= 0.3 is 0 Å². The van der Waals surface area contributed by atoms with Crippen molar-refractivity contribution in [3.63, 3.8) is 0 Å². The number of nitrogens with two attached hydrogens (primary N) is 1. The molecule has 5 nitrogen and oxygen atoms in total. The van der Waals surface area contributed by atoms with E-state index in [0.29, 0.717) is 15.7 Å². The van der Waals surface area contributed by atoms with Gasteiger partial charge in [0.15, 0.2) is 0 Å². The Kier molecular flexibility index (Phi) is 3.35. The van der Waals surface area contributed by atoms with Crippen LogP contribution < -0.4 is 5.73 Å². The van der Waals surface area contributed by atoms with E-state index in [1.807, 2.05) is 13.0 Å². The van der Waals surface area contributed by atoms with E-state index >= 15 is 0 Å². The summed E-state index contributed by atoms with van der Waals surface area (Å²) in [4.78, 5) is 5.08. The number of aryl methyl sites for hydroxylation is 1. The Bertz CT molecular complexity index is 566. The van der Waals surface area contributed by atoms with Gasteiger partial charge in [-0.15, -0.1) is 5.10 Å². The zero-order valence-corrected chi connectivity index (χ0v) is 10.6. The second kappa shape index (κ2) is 4.77. The molecule has 7 heteroatoms. The summed E-state index contributed by atoms with van der Waals surface area (Å²) in [7, 11) is 0. The number of rotatable bonds is 3. The van der Waals surface area contributed by atoms with Crippen LogP contribution in [-0.2, 0) is 0 Å². The van der Waals surface area contributed by atoms with Gasteiger partial charge in [0.2, 0.25) is 5.16 Å². The average Bonchev–Trinajstić information content (AvgIpc) is 2.63. The van der Waals surface area contributed by atoms with Crippen molar-refractivity contribution >= 4 is 29.2 Å². The van der Waals surface area contributed by atoms with E-state index in [9.17, 15) is 0 Å². The van der Waals surface area contributed by atoms with Crippen molar-refractivity contribution in [2.24, 2.45) is 5.73 Å². The van der Waals surface area contributed by atoms with Crippen LogP contribution in [-0.4, -0.2) is 21.0 Å². The average molecular weight is 268 g/mol. The fourth-order valence-corrected chi connectivity index (χ4v) is 2.40. The molecule has 0 unspecified atom stereocenters. The van der Waals surface area contributed by atoms with Crippen LogP contribution in [0, 0.1) is 12.3 Å². The highest BCUT2D eigenvalue weighted by molar-refractivity contribution is 7.99. The molecule has 17 heavy (non-hydrogen) atoms. The highest BCUT2D eigenvalue weighted by Crippen LogP contribution is 2.28. The SMILES string of the molecule is Cc1nc(Sc2ccc(C(=N)N)c(Cl)c2)n[nH]1. The first kappa shape index (κ1) is 11.9. The molecule has 0 bridgehead atoms. The third-order valence-corrected chi connectivity index (χ3v) is 3.18. The molecule has 4 N–H and O–H groups in total. The van der Waals surface area contributed by atoms with Crippen molar-refractivity contribution in [2.75, 3.05) is 0 Å². The molecule has 0 aliphatic carbocycles. The van der Waals surface area contributed by atoms with Crippen molar-refractivity contribution in [2.45, 2.75) is 17.0 Å². The number of aromatic nitrogens is 3. The number of H-pyrrole nitrogens is 1. The van der Waals surface area contributed by atoms with Crippen LogP contribution in [0.1, 0.15) is 11.4 Å². The van der Waals surface area contributed by atoms with E-state index in [0.717, 1.165) is 10.7 Å². The Morgan fingerprint density at radius 3 is 2.82 bits per heavy atom. The summed E-state index contributed by atoms with van der Waals surface area (Å²) in [5.74, 6) is 0.722. The molecular weight excluding hydrogens is 258 g/mol.